The van der Waals surface area contributed by atoms with Gasteiger partial charge in [-0.25, -0.2) is 0 Å². The molecule has 0 amide bonds. The van der Waals surface area contributed by atoms with Crippen LogP contribution < -0.4 is 9.47 Å². The highest BCUT2D eigenvalue weighted by Gasteiger charge is 2.33. The number of methoxy groups -OCH3 is 1. The van der Waals surface area contributed by atoms with E-state index in [1.165, 1.54) is 0 Å². The zero-order valence-corrected chi connectivity index (χ0v) is 16.5. The standard InChI is InChI=1S/C22H16ClN3O3/c1-26-16-8-7-15(23)19-20(16)21(25-26)18-14(22(19)27)9-24-10-17(18)29-11-12-3-5-13(28-2)6-4-12/h3-10H,11H2,1-2H3. The molecule has 2 heterocycles. The van der Waals surface area contributed by atoms with Crippen LogP contribution in [-0.2, 0) is 13.7 Å². The number of halogens is 1. The molecule has 1 aliphatic carbocycles. The molecule has 0 N–H and O–H groups in total. The number of aryl methyl sites for hydroxylation is 1. The van der Waals surface area contributed by atoms with Crippen LogP contribution in [0.1, 0.15) is 21.5 Å². The van der Waals surface area contributed by atoms with Crippen molar-refractivity contribution in [2.75, 3.05) is 7.11 Å². The summed E-state index contributed by atoms with van der Waals surface area (Å²) >= 11 is 6.37. The number of hydrogen-bond donors (Lipinski definition) is 0. The molecule has 0 fully saturated rings. The van der Waals surface area contributed by atoms with Crippen LogP contribution in [0.2, 0.25) is 5.02 Å². The van der Waals surface area contributed by atoms with E-state index in [4.69, 9.17) is 21.1 Å². The SMILES string of the molecule is COc1ccc(COc2cncc3c2-c2nn(C)c4ccc(Cl)c(c24)C3=O)cc1. The lowest BCUT2D eigenvalue weighted by molar-refractivity contribution is 0.103. The molecule has 2 aromatic carbocycles. The number of hydrogen-bond acceptors (Lipinski definition) is 5. The van der Waals surface area contributed by atoms with Gasteiger partial charge in [0.05, 0.1) is 40.5 Å². The fourth-order valence-corrected chi connectivity index (χ4v) is 3.95. The topological polar surface area (TPSA) is 66.2 Å². The van der Waals surface area contributed by atoms with E-state index in [2.05, 4.69) is 10.1 Å². The maximum absolute atomic E-state index is 13.2. The molecule has 2 aromatic heterocycles. The van der Waals surface area contributed by atoms with Crippen LogP contribution in [0, 0.1) is 0 Å². The van der Waals surface area contributed by atoms with E-state index in [1.807, 2.05) is 37.4 Å². The third kappa shape index (κ3) is 2.68. The lowest BCUT2D eigenvalue weighted by atomic mass is 9.88. The number of carbonyl (C=O) groups excluding carboxylic acids is 1. The largest absolute Gasteiger partial charge is 0.497 e. The second-order valence-corrected chi connectivity index (χ2v) is 7.22. The van der Waals surface area contributed by atoms with Crippen LogP contribution >= 0.6 is 11.6 Å². The maximum Gasteiger partial charge on any atom is 0.197 e. The van der Waals surface area contributed by atoms with E-state index >= 15 is 0 Å². The highest BCUT2D eigenvalue weighted by molar-refractivity contribution is 6.39. The first kappa shape index (κ1) is 17.7. The van der Waals surface area contributed by atoms with Gasteiger partial charge in [-0.3, -0.25) is 14.5 Å². The molecule has 0 unspecified atom stereocenters. The van der Waals surface area contributed by atoms with Crippen molar-refractivity contribution in [3.63, 3.8) is 0 Å². The summed E-state index contributed by atoms with van der Waals surface area (Å²) in [6.07, 6.45) is 3.16. The van der Waals surface area contributed by atoms with Crippen LogP contribution in [0.4, 0.5) is 0 Å². The normalized spacial score (nSPS) is 12.2. The number of carbonyl (C=O) groups is 1. The summed E-state index contributed by atoms with van der Waals surface area (Å²) in [6, 6.07) is 11.2. The minimum Gasteiger partial charge on any atom is -0.497 e. The summed E-state index contributed by atoms with van der Waals surface area (Å²) in [7, 11) is 3.47. The fraction of sp³-hybridized carbons (Fsp3) is 0.136. The summed E-state index contributed by atoms with van der Waals surface area (Å²) < 4.78 is 13.0. The Morgan fingerprint density at radius 3 is 2.62 bits per heavy atom. The molecular weight excluding hydrogens is 390 g/mol. The smallest absolute Gasteiger partial charge is 0.197 e. The van der Waals surface area contributed by atoms with E-state index in [1.54, 1.807) is 30.3 Å². The Morgan fingerprint density at radius 2 is 1.86 bits per heavy atom. The van der Waals surface area contributed by atoms with Crippen molar-refractivity contribution >= 4 is 28.3 Å². The van der Waals surface area contributed by atoms with Gasteiger partial charge >= 0.3 is 0 Å². The molecule has 0 saturated heterocycles. The van der Waals surface area contributed by atoms with Gasteiger partial charge in [0.15, 0.2) is 5.78 Å². The maximum atomic E-state index is 13.2. The fourth-order valence-electron chi connectivity index (χ4n) is 3.71. The zero-order chi connectivity index (χ0) is 20.1. The van der Waals surface area contributed by atoms with Crippen molar-refractivity contribution in [1.82, 2.24) is 14.8 Å². The lowest BCUT2D eigenvalue weighted by Crippen LogP contribution is -2.12. The second kappa shape index (κ2) is 6.60. The van der Waals surface area contributed by atoms with Gasteiger partial charge in [-0.2, -0.15) is 5.10 Å². The van der Waals surface area contributed by atoms with Crippen molar-refractivity contribution in [3.8, 4) is 22.8 Å². The van der Waals surface area contributed by atoms with Gasteiger partial charge in [0, 0.05) is 18.6 Å². The van der Waals surface area contributed by atoms with Crippen molar-refractivity contribution in [2.24, 2.45) is 7.05 Å². The molecule has 1 aliphatic rings. The molecule has 29 heavy (non-hydrogen) atoms. The summed E-state index contributed by atoms with van der Waals surface area (Å²) in [4.78, 5) is 17.4. The van der Waals surface area contributed by atoms with E-state index in [0.717, 1.165) is 22.2 Å². The molecule has 0 bridgehead atoms. The predicted molar refractivity (Wildman–Crippen MR) is 110 cm³/mol. The molecular formula is C22H16ClN3O3. The second-order valence-electron chi connectivity index (χ2n) is 6.81. The number of pyridine rings is 1. The van der Waals surface area contributed by atoms with E-state index in [0.29, 0.717) is 39.8 Å². The van der Waals surface area contributed by atoms with E-state index in [9.17, 15) is 4.79 Å². The van der Waals surface area contributed by atoms with Crippen molar-refractivity contribution in [2.45, 2.75) is 6.61 Å². The number of fused-ring (bicyclic) bond motifs is 2. The molecule has 0 spiro atoms. The molecule has 7 heteroatoms. The summed E-state index contributed by atoms with van der Waals surface area (Å²) in [5, 5.41) is 5.81. The Labute approximate surface area is 171 Å². The van der Waals surface area contributed by atoms with Crippen LogP contribution in [0.25, 0.3) is 22.2 Å². The minimum absolute atomic E-state index is 0.168. The molecule has 5 rings (SSSR count). The monoisotopic (exact) mass is 405 g/mol. The molecule has 6 nitrogen and oxygen atoms in total. The predicted octanol–water partition coefficient (Wildman–Crippen LogP) is 4.42. The number of ketones is 1. The number of nitrogens with zero attached hydrogens (tertiary/aromatic N) is 3. The van der Waals surface area contributed by atoms with Crippen LogP contribution in [0.3, 0.4) is 0 Å². The number of benzene rings is 2. The number of ether oxygens (including phenoxy) is 2. The van der Waals surface area contributed by atoms with Gasteiger partial charge in [0.1, 0.15) is 23.8 Å². The molecule has 0 radical (unpaired) electrons. The third-order valence-electron chi connectivity index (χ3n) is 5.14. The summed E-state index contributed by atoms with van der Waals surface area (Å²) in [5.74, 6) is 1.12. The molecule has 144 valence electrons. The Bertz CT molecular complexity index is 1280. The zero-order valence-electron chi connectivity index (χ0n) is 15.8. The lowest BCUT2D eigenvalue weighted by Gasteiger charge is -2.18. The van der Waals surface area contributed by atoms with Crippen molar-refractivity contribution in [1.29, 1.82) is 0 Å². The average Bonchev–Trinajstić information content (AvgIpc) is 3.07. The Morgan fingerprint density at radius 1 is 1.07 bits per heavy atom. The van der Waals surface area contributed by atoms with E-state index in [-0.39, 0.29) is 5.78 Å². The van der Waals surface area contributed by atoms with Gasteiger partial charge < -0.3 is 9.47 Å². The van der Waals surface area contributed by atoms with Gasteiger partial charge in [0.2, 0.25) is 0 Å². The molecule has 0 atom stereocenters. The van der Waals surface area contributed by atoms with Crippen molar-refractivity contribution < 1.29 is 14.3 Å². The number of rotatable bonds is 4. The number of aromatic nitrogens is 3. The first-order chi connectivity index (χ1) is 14.1. The Hall–Kier alpha value is -3.38. The van der Waals surface area contributed by atoms with E-state index < -0.39 is 0 Å². The van der Waals surface area contributed by atoms with Gasteiger partial charge in [0.25, 0.3) is 0 Å². The molecule has 0 aliphatic heterocycles. The van der Waals surface area contributed by atoms with Crippen LogP contribution in [0.15, 0.2) is 48.8 Å². The van der Waals surface area contributed by atoms with Crippen LogP contribution in [-0.4, -0.2) is 27.7 Å². The average molecular weight is 406 g/mol. The quantitative estimate of drug-likeness (QED) is 0.442. The first-order valence-electron chi connectivity index (χ1n) is 9.02. The Balaban J connectivity index is 1.62. The van der Waals surface area contributed by atoms with Gasteiger partial charge in [-0.1, -0.05) is 23.7 Å². The van der Waals surface area contributed by atoms with Gasteiger partial charge in [-0.05, 0) is 29.8 Å². The van der Waals surface area contributed by atoms with Gasteiger partial charge in [-0.15, -0.1) is 0 Å². The highest BCUT2D eigenvalue weighted by atomic mass is 35.5. The minimum atomic E-state index is -0.168. The molecule has 0 saturated carbocycles. The van der Waals surface area contributed by atoms with Crippen LogP contribution in [0.5, 0.6) is 11.5 Å². The Kier molecular flexibility index (Phi) is 4.03. The first-order valence-corrected chi connectivity index (χ1v) is 9.40. The molecule has 4 aromatic rings. The third-order valence-corrected chi connectivity index (χ3v) is 5.46. The summed E-state index contributed by atoms with van der Waals surface area (Å²) in [5.41, 5.74) is 4.06. The van der Waals surface area contributed by atoms with Crippen molar-refractivity contribution in [3.05, 3.63) is 70.5 Å². The summed E-state index contributed by atoms with van der Waals surface area (Å²) in [6.45, 7) is 0.328. The highest BCUT2D eigenvalue weighted by Crippen LogP contribution is 2.44.